The van der Waals surface area contributed by atoms with Crippen LogP contribution in [0, 0.1) is 41.5 Å². The van der Waals surface area contributed by atoms with E-state index in [1.54, 1.807) is 0 Å². The Morgan fingerprint density at radius 1 is 0.450 bits per heavy atom. The van der Waals surface area contributed by atoms with E-state index in [1.165, 1.54) is 54.5 Å². The van der Waals surface area contributed by atoms with Crippen LogP contribution in [0.3, 0.4) is 0 Å². The third-order valence-corrected chi connectivity index (χ3v) is 14.6. The maximum Gasteiger partial charge on any atom is 0.173 e. The van der Waals surface area contributed by atoms with Crippen molar-refractivity contribution in [3.8, 4) is 17.2 Å². The highest BCUT2D eigenvalue weighted by Crippen LogP contribution is 2.49. The number of hydrogen-bond acceptors (Lipinski definition) is 3. The highest BCUT2D eigenvalue weighted by Gasteiger charge is 2.55. The molecule has 212 valence electrons. The smallest absolute Gasteiger partial charge is 0.173 e. The summed E-state index contributed by atoms with van der Waals surface area (Å²) in [5.41, 5.74) is 12.9. The van der Waals surface area contributed by atoms with Crippen LogP contribution in [-0.2, 0) is 0 Å². The summed E-state index contributed by atoms with van der Waals surface area (Å²) in [6.07, 6.45) is 0. The molecular weight excluding hydrogens is 508 g/mol. The van der Waals surface area contributed by atoms with Crippen LogP contribution < -0.4 is 29.8 Å². The van der Waals surface area contributed by atoms with Crippen molar-refractivity contribution in [3.63, 3.8) is 0 Å². The van der Waals surface area contributed by atoms with E-state index in [1.807, 2.05) is 21.3 Å². The first-order chi connectivity index (χ1) is 18.8. The second-order valence-corrected chi connectivity index (χ2v) is 15.7. The van der Waals surface area contributed by atoms with Gasteiger partial charge in [0, 0.05) is 5.54 Å². The molecule has 0 radical (unpaired) electrons. The van der Waals surface area contributed by atoms with Crippen molar-refractivity contribution >= 4 is 23.6 Å². The molecule has 1 aliphatic rings. The highest BCUT2D eigenvalue weighted by atomic mass is 28.3. The number of rotatable bonds is 7. The van der Waals surface area contributed by atoms with Crippen LogP contribution in [0.4, 0.5) is 0 Å². The minimum atomic E-state index is -3.08. The van der Waals surface area contributed by atoms with Crippen LogP contribution in [0.15, 0.2) is 58.7 Å². The van der Waals surface area contributed by atoms with Gasteiger partial charge in [-0.1, -0.05) is 64.2 Å². The van der Waals surface area contributed by atoms with Crippen LogP contribution in [0.5, 0.6) is 17.2 Å². The Kier molecular flexibility index (Phi) is 8.15. The van der Waals surface area contributed by atoms with Gasteiger partial charge in [0.05, 0.1) is 21.3 Å². The van der Waals surface area contributed by atoms with Gasteiger partial charge in [-0.05, 0) is 113 Å². The fraction of sp³-hybridized carbons (Fsp3) is 0.389. The maximum atomic E-state index is 6.35. The third kappa shape index (κ3) is 4.41. The molecule has 40 heavy (non-hydrogen) atoms. The lowest BCUT2D eigenvalue weighted by Gasteiger charge is -2.43. The average Bonchev–Trinajstić information content (AvgIpc) is 3.07. The molecule has 0 aromatic heterocycles. The Morgan fingerprint density at radius 3 is 0.975 bits per heavy atom. The lowest BCUT2D eigenvalue weighted by atomic mass is 10.1. The van der Waals surface area contributed by atoms with Gasteiger partial charge in [-0.25, -0.2) is 0 Å². The fourth-order valence-electron chi connectivity index (χ4n) is 7.46. The van der Waals surface area contributed by atoms with Crippen molar-refractivity contribution in [2.24, 2.45) is 0 Å². The topological polar surface area (TPSA) is 27.7 Å². The van der Waals surface area contributed by atoms with Crippen LogP contribution >= 0.6 is 0 Å². The Hall–Kier alpha value is -3.24. The van der Waals surface area contributed by atoms with Crippen molar-refractivity contribution in [2.75, 3.05) is 21.3 Å². The quantitative estimate of drug-likeness (QED) is 0.231. The molecule has 3 aromatic rings. The van der Waals surface area contributed by atoms with E-state index < -0.39 is 8.07 Å². The molecule has 0 bridgehead atoms. The Balaban J connectivity index is 2.46. The van der Waals surface area contributed by atoms with Crippen LogP contribution in [0.1, 0.15) is 61.1 Å². The summed E-state index contributed by atoms with van der Waals surface area (Å²) in [6.45, 7) is 22.3. The lowest BCUT2D eigenvalue weighted by Crippen LogP contribution is -2.71. The van der Waals surface area contributed by atoms with E-state index in [0.717, 1.165) is 33.9 Å². The van der Waals surface area contributed by atoms with Crippen LogP contribution in [-0.4, -0.2) is 29.4 Å². The molecule has 0 atom stereocenters. The molecular formula is C36H46O3Si. The summed E-state index contributed by atoms with van der Waals surface area (Å²) in [6, 6.07) is 13.8. The molecule has 0 saturated carbocycles. The molecule has 0 spiro atoms. The molecule has 0 unspecified atom stereocenters. The molecule has 0 amide bonds. The van der Waals surface area contributed by atoms with Gasteiger partial charge in [0.25, 0.3) is 0 Å². The third-order valence-electron chi connectivity index (χ3n) is 9.19. The fourth-order valence-corrected chi connectivity index (χ4v) is 14.3. The second kappa shape index (κ2) is 11.0. The predicted molar refractivity (Wildman–Crippen MR) is 173 cm³/mol. The molecule has 0 heterocycles. The standard InChI is InChI=1S/C36H46O3Si/c1-20-14-23(4)33(37-11)30(17-20)40(36-28(9)26(7)27(8)29(36)10,31-18-21(2)15-24(5)34(31)38-12)32-19-22(3)16-25(6)35(32)39-13/h14-19,36H,1-13H3. The van der Waals surface area contributed by atoms with E-state index in [-0.39, 0.29) is 5.54 Å². The molecule has 0 fully saturated rings. The Bertz CT molecular complexity index is 1390. The number of hydrogen-bond donors (Lipinski definition) is 0. The maximum absolute atomic E-state index is 6.35. The van der Waals surface area contributed by atoms with Gasteiger partial charge in [-0.3, -0.25) is 0 Å². The van der Waals surface area contributed by atoms with E-state index >= 15 is 0 Å². The number of ether oxygens (including phenoxy) is 3. The minimum absolute atomic E-state index is 0.160. The molecule has 0 aliphatic heterocycles. The SMILES string of the molecule is COc1c(C)cc(C)cc1[Si](c1cc(C)cc(C)c1OC)(c1cc(C)cc(C)c1OC)C1C(C)=C(C)C(C)=C1C. The van der Waals surface area contributed by atoms with Crippen molar-refractivity contribution in [3.05, 3.63) is 92.1 Å². The molecule has 0 saturated heterocycles. The Labute approximate surface area is 242 Å². The van der Waals surface area contributed by atoms with Crippen LogP contribution in [0.2, 0.25) is 5.54 Å². The van der Waals surface area contributed by atoms with E-state index in [0.29, 0.717) is 0 Å². The monoisotopic (exact) mass is 554 g/mol. The highest BCUT2D eigenvalue weighted by molar-refractivity contribution is 7.14. The average molecular weight is 555 g/mol. The Morgan fingerprint density at radius 2 is 0.725 bits per heavy atom. The van der Waals surface area contributed by atoms with E-state index in [4.69, 9.17) is 14.2 Å². The summed E-state index contributed by atoms with van der Waals surface area (Å²) in [4.78, 5) is 0. The van der Waals surface area contributed by atoms with Gasteiger partial charge < -0.3 is 14.2 Å². The first-order valence-corrected chi connectivity index (χ1v) is 16.2. The van der Waals surface area contributed by atoms with Gasteiger partial charge in [0.1, 0.15) is 17.2 Å². The first kappa shape index (κ1) is 29.7. The van der Waals surface area contributed by atoms with Crippen molar-refractivity contribution in [1.82, 2.24) is 0 Å². The predicted octanol–water partition coefficient (Wildman–Crippen LogP) is 7.09. The van der Waals surface area contributed by atoms with Crippen molar-refractivity contribution in [1.29, 1.82) is 0 Å². The molecule has 3 nitrogen and oxygen atoms in total. The number of allylic oxidation sites excluding steroid dienone is 4. The van der Waals surface area contributed by atoms with Crippen LogP contribution in [0.25, 0.3) is 0 Å². The summed E-state index contributed by atoms with van der Waals surface area (Å²) in [7, 11) is 2.37. The summed E-state index contributed by atoms with van der Waals surface area (Å²) in [5, 5.41) is 3.81. The number of methoxy groups -OCH3 is 3. The largest absolute Gasteiger partial charge is 0.497 e. The number of benzene rings is 3. The van der Waals surface area contributed by atoms with E-state index in [9.17, 15) is 0 Å². The summed E-state index contributed by atoms with van der Waals surface area (Å²) in [5.74, 6) is 2.88. The van der Waals surface area contributed by atoms with Gasteiger partial charge in [0.2, 0.25) is 0 Å². The summed E-state index contributed by atoms with van der Waals surface area (Å²) >= 11 is 0. The van der Waals surface area contributed by atoms with Gasteiger partial charge in [-0.2, -0.15) is 0 Å². The zero-order valence-electron chi connectivity index (χ0n) is 26.8. The van der Waals surface area contributed by atoms with Gasteiger partial charge in [-0.15, -0.1) is 0 Å². The molecule has 4 rings (SSSR count). The van der Waals surface area contributed by atoms with Gasteiger partial charge >= 0.3 is 0 Å². The molecule has 4 heteroatoms. The minimum Gasteiger partial charge on any atom is -0.497 e. The molecule has 0 N–H and O–H groups in total. The van der Waals surface area contributed by atoms with Crippen molar-refractivity contribution < 1.29 is 14.2 Å². The number of aryl methyl sites for hydroxylation is 6. The summed E-state index contributed by atoms with van der Waals surface area (Å²) < 4.78 is 19.1. The first-order valence-electron chi connectivity index (χ1n) is 14.2. The molecule has 3 aromatic carbocycles. The second-order valence-electron chi connectivity index (χ2n) is 11.8. The van der Waals surface area contributed by atoms with E-state index in [2.05, 4.69) is 106 Å². The van der Waals surface area contributed by atoms with Crippen molar-refractivity contribution in [2.45, 2.75) is 74.8 Å². The zero-order valence-corrected chi connectivity index (χ0v) is 27.8. The van der Waals surface area contributed by atoms with Gasteiger partial charge in [0.15, 0.2) is 8.07 Å². The zero-order chi connectivity index (χ0) is 29.7. The normalized spacial score (nSPS) is 14.3. The molecule has 1 aliphatic carbocycles. The lowest BCUT2D eigenvalue weighted by molar-refractivity contribution is 0.412.